The molecule has 2 aliphatic heterocycles. The lowest BCUT2D eigenvalue weighted by atomic mass is 10.1. The summed E-state index contributed by atoms with van der Waals surface area (Å²) in [4.78, 5) is 13.8. The Labute approximate surface area is 106 Å². The highest BCUT2D eigenvalue weighted by atomic mass is 16.5. The first-order valence-electron chi connectivity index (χ1n) is 6.24. The van der Waals surface area contributed by atoms with Crippen LogP contribution < -0.4 is 20.3 Å². The number of benzene rings is 1. The molecule has 1 fully saturated rings. The van der Waals surface area contributed by atoms with E-state index in [2.05, 4.69) is 15.5 Å². The molecule has 2 N–H and O–H groups in total. The predicted molar refractivity (Wildman–Crippen MR) is 70.4 cm³/mol. The molecule has 5 heteroatoms. The van der Waals surface area contributed by atoms with Crippen LogP contribution >= 0.6 is 0 Å². The molecule has 1 saturated heterocycles. The Balaban J connectivity index is 2.01. The van der Waals surface area contributed by atoms with Crippen LogP contribution in [0.1, 0.15) is 5.56 Å². The van der Waals surface area contributed by atoms with Crippen molar-refractivity contribution in [2.24, 2.45) is 0 Å². The van der Waals surface area contributed by atoms with E-state index in [0.29, 0.717) is 6.42 Å². The van der Waals surface area contributed by atoms with Crippen molar-refractivity contribution in [3.63, 3.8) is 0 Å². The van der Waals surface area contributed by atoms with Crippen LogP contribution in [0.4, 0.5) is 11.4 Å². The summed E-state index contributed by atoms with van der Waals surface area (Å²) in [6.45, 7) is 3.85. The molecule has 0 saturated carbocycles. The molecule has 2 heterocycles. The minimum Gasteiger partial charge on any atom is -0.497 e. The van der Waals surface area contributed by atoms with Crippen molar-refractivity contribution in [1.82, 2.24) is 5.32 Å². The van der Waals surface area contributed by atoms with Gasteiger partial charge in [0.25, 0.3) is 0 Å². The topological polar surface area (TPSA) is 53.6 Å². The van der Waals surface area contributed by atoms with Gasteiger partial charge in [0.2, 0.25) is 5.91 Å². The maximum absolute atomic E-state index is 11.6. The lowest BCUT2D eigenvalue weighted by molar-refractivity contribution is -0.115. The molecule has 18 heavy (non-hydrogen) atoms. The van der Waals surface area contributed by atoms with E-state index >= 15 is 0 Å². The van der Waals surface area contributed by atoms with Gasteiger partial charge in [-0.3, -0.25) is 4.79 Å². The summed E-state index contributed by atoms with van der Waals surface area (Å²) in [5, 5.41) is 6.29. The van der Waals surface area contributed by atoms with Crippen molar-refractivity contribution in [3.8, 4) is 5.75 Å². The van der Waals surface area contributed by atoms with Crippen LogP contribution in [0.3, 0.4) is 0 Å². The van der Waals surface area contributed by atoms with E-state index in [0.717, 1.165) is 48.9 Å². The van der Waals surface area contributed by atoms with Gasteiger partial charge in [-0.05, 0) is 11.6 Å². The fourth-order valence-corrected chi connectivity index (χ4v) is 2.57. The van der Waals surface area contributed by atoms with Gasteiger partial charge in [-0.15, -0.1) is 0 Å². The Morgan fingerprint density at radius 3 is 2.78 bits per heavy atom. The van der Waals surface area contributed by atoms with E-state index in [1.807, 2.05) is 12.1 Å². The average Bonchev–Trinajstić information content (AvgIpc) is 2.78. The minimum absolute atomic E-state index is 0.0645. The number of hydrogen-bond donors (Lipinski definition) is 2. The highest BCUT2D eigenvalue weighted by molar-refractivity contribution is 6.03. The van der Waals surface area contributed by atoms with Crippen molar-refractivity contribution in [1.29, 1.82) is 0 Å². The molecule has 1 amide bonds. The number of methoxy groups -OCH3 is 1. The largest absolute Gasteiger partial charge is 0.497 e. The molecule has 0 aromatic heterocycles. The summed E-state index contributed by atoms with van der Waals surface area (Å²) >= 11 is 0. The molecule has 0 aliphatic carbocycles. The van der Waals surface area contributed by atoms with E-state index < -0.39 is 0 Å². The van der Waals surface area contributed by atoms with E-state index in [4.69, 9.17) is 4.74 Å². The monoisotopic (exact) mass is 247 g/mol. The van der Waals surface area contributed by atoms with E-state index in [9.17, 15) is 4.79 Å². The lowest BCUT2D eigenvalue weighted by Crippen LogP contribution is -2.43. The van der Waals surface area contributed by atoms with Gasteiger partial charge >= 0.3 is 0 Å². The molecule has 5 nitrogen and oxygen atoms in total. The van der Waals surface area contributed by atoms with Gasteiger partial charge < -0.3 is 20.3 Å². The van der Waals surface area contributed by atoms with Crippen molar-refractivity contribution in [2.75, 3.05) is 43.5 Å². The fraction of sp³-hybridized carbons (Fsp3) is 0.462. The number of hydrogen-bond acceptors (Lipinski definition) is 4. The third-order valence-electron chi connectivity index (χ3n) is 3.48. The quantitative estimate of drug-likeness (QED) is 0.803. The molecule has 1 aromatic carbocycles. The number of amides is 1. The number of piperazine rings is 1. The highest BCUT2D eigenvalue weighted by Gasteiger charge is 2.25. The Morgan fingerprint density at radius 2 is 2.06 bits per heavy atom. The van der Waals surface area contributed by atoms with Gasteiger partial charge in [-0.1, -0.05) is 0 Å². The third kappa shape index (κ3) is 1.90. The first-order chi connectivity index (χ1) is 8.78. The van der Waals surface area contributed by atoms with Crippen molar-refractivity contribution >= 4 is 17.3 Å². The number of nitrogens with one attached hydrogen (secondary N) is 2. The predicted octanol–water partition coefficient (Wildman–Crippen LogP) is 0.599. The molecule has 1 aromatic rings. The van der Waals surface area contributed by atoms with Crippen LogP contribution in [-0.4, -0.2) is 39.2 Å². The zero-order chi connectivity index (χ0) is 12.5. The summed E-state index contributed by atoms with van der Waals surface area (Å²) in [7, 11) is 1.66. The SMILES string of the molecule is COc1cc2c(c(N3CCNCC3)c1)NC(=O)C2. The zero-order valence-electron chi connectivity index (χ0n) is 10.5. The smallest absolute Gasteiger partial charge is 0.228 e. The van der Waals surface area contributed by atoms with Gasteiger partial charge in [-0.25, -0.2) is 0 Å². The molecule has 96 valence electrons. The first kappa shape index (κ1) is 11.3. The Hall–Kier alpha value is -1.75. The number of ether oxygens (including phenoxy) is 1. The summed E-state index contributed by atoms with van der Waals surface area (Å²) in [6, 6.07) is 3.95. The van der Waals surface area contributed by atoms with Crippen LogP contribution in [0.2, 0.25) is 0 Å². The number of carbonyl (C=O) groups is 1. The number of rotatable bonds is 2. The second-order valence-electron chi connectivity index (χ2n) is 4.64. The summed E-state index contributed by atoms with van der Waals surface area (Å²) < 4.78 is 5.32. The maximum atomic E-state index is 11.6. The maximum Gasteiger partial charge on any atom is 0.228 e. The standard InChI is InChI=1S/C13H17N3O2/c1-18-10-6-9-7-12(17)15-13(9)11(8-10)16-4-2-14-3-5-16/h6,8,14H,2-5,7H2,1H3,(H,15,17). The molecule has 0 radical (unpaired) electrons. The Kier molecular flexibility index (Phi) is 2.83. The van der Waals surface area contributed by atoms with Crippen LogP contribution in [0.5, 0.6) is 5.75 Å². The van der Waals surface area contributed by atoms with E-state index in [1.54, 1.807) is 7.11 Å². The number of fused-ring (bicyclic) bond motifs is 1. The molecular weight excluding hydrogens is 230 g/mol. The van der Waals surface area contributed by atoms with Crippen molar-refractivity contribution in [2.45, 2.75) is 6.42 Å². The third-order valence-corrected chi connectivity index (χ3v) is 3.48. The number of carbonyl (C=O) groups excluding carboxylic acids is 1. The van der Waals surface area contributed by atoms with E-state index in [1.165, 1.54) is 0 Å². The van der Waals surface area contributed by atoms with Crippen molar-refractivity contribution in [3.05, 3.63) is 17.7 Å². The number of anilines is 2. The average molecular weight is 247 g/mol. The van der Waals surface area contributed by atoms with Crippen LogP contribution in [0, 0.1) is 0 Å². The molecule has 0 bridgehead atoms. The van der Waals surface area contributed by atoms with Gasteiger partial charge in [0.1, 0.15) is 5.75 Å². The molecule has 0 atom stereocenters. The molecular formula is C13H17N3O2. The van der Waals surface area contributed by atoms with Gasteiger partial charge in [0, 0.05) is 32.2 Å². The molecule has 2 aliphatic rings. The number of nitrogens with zero attached hydrogens (tertiary/aromatic N) is 1. The second kappa shape index (κ2) is 4.49. The van der Waals surface area contributed by atoms with Gasteiger partial charge in [0.15, 0.2) is 0 Å². The molecule has 3 rings (SSSR count). The second-order valence-corrected chi connectivity index (χ2v) is 4.64. The molecule has 0 unspecified atom stereocenters. The van der Waals surface area contributed by atoms with E-state index in [-0.39, 0.29) is 5.91 Å². The normalized spacial score (nSPS) is 18.5. The summed E-state index contributed by atoms with van der Waals surface area (Å²) in [5.74, 6) is 0.883. The van der Waals surface area contributed by atoms with Crippen LogP contribution in [0.25, 0.3) is 0 Å². The minimum atomic E-state index is 0.0645. The highest BCUT2D eigenvalue weighted by Crippen LogP contribution is 2.37. The van der Waals surface area contributed by atoms with Gasteiger partial charge in [-0.2, -0.15) is 0 Å². The Morgan fingerprint density at radius 1 is 1.28 bits per heavy atom. The summed E-state index contributed by atoms with van der Waals surface area (Å²) in [5.41, 5.74) is 3.08. The van der Waals surface area contributed by atoms with Crippen molar-refractivity contribution < 1.29 is 9.53 Å². The fourth-order valence-electron chi connectivity index (χ4n) is 2.57. The Bertz CT molecular complexity index is 481. The first-order valence-corrected chi connectivity index (χ1v) is 6.24. The van der Waals surface area contributed by atoms with Crippen LogP contribution in [0.15, 0.2) is 12.1 Å². The summed E-state index contributed by atoms with van der Waals surface area (Å²) in [6.07, 6.45) is 0.450. The molecule has 0 spiro atoms. The lowest BCUT2D eigenvalue weighted by Gasteiger charge is -2.31. The zero-order valence-corrected chi connectivity index (χ0v) is 10.5. The van der Waals surface area contributed by atoms with Crippen LogP contribution in [-0.2, 0) is 11.2 Å². The van der Waals surface area contributed by atoms with Gasteiger partial charge in [0.05, 0.1) is 24.9 Å².